The lowest BCUT2D eigenvalue weighted by atomic mass is 9.75. The Balaban J connectivity index is 1.44. The third-order valence-corrected chi connectivity index (χ3v) is 5.90. The van der Waals surface area contributed by atoms with E-state index in [1.807, 2.05) is 37.1 Å². The predicted octanol–water partition coefficient (Wildman–Crippen LogP) is 0.0322. The van der Waals surface area contributed by atoms with Gasteiger partial charge < -0.3 is 14.9 Å². The topological polar surface area (TPSA) is 75.7 Å². The number of aromatic nitrogens is 3. The first kappa shape index (κ1) is 17.0. The summed E-state index contributed by atoms with van der Waals surface area (Å²) in [5.41, 5.74) is 1.64. The number of carbonyl (C=O) groups is 1. The second-order valence-corrected chi connectivity index (χ2v) is 7.81. The normalized spacial score (nSPS) is 27.5. The summed E-state index contributed by atoms with van der Waals surface area (Å²) in [5.74, 6) is 1.16. The first-order chi connectivity index (χ1) is 12.5. The van der Waals surface area contributed by atoms with Gasteiger partial charge in [-0.1, -0.05) is 17.3 Å². The molecule has 1 aromatic carbocycles. The number of hydrogen-bond acceptors (Lipinski definition) is 4. The van der Waals surface area contributed by atoms with E-state index in [2.05, 4.69) is 10.3 Å². The van der Waals surface area contributed by atoms with Crippen molar-refractivity contribution in [3.8, 4) is 17.0 Å². The number of piperidine rings is 3. The summed E-state index contributed by atoms with van der Waals surface area (Å²) in [4.78, 5) is 15.7. The first-order valence-corrected chi connectivity index (χ1v) is 9.26. The number of nitrogens with one attached hydrogen (secondary N) is 1. The van der Waals surface area contributed by atoms with Crippen LogP contribution in [0, 0.1) is 11.8 Å². The van der Waals surface area contributed by atoms with Crippen LogP contribution in [0.5, 0.6) is 5.75 Å². The highest BCUT2D eigenvalue weighted by atomic mass is 16.3. The molecule has 138 valence electrons. The Hall–Kier alpha value is -2.41. The van der Waals surface area contributed by atoms with Gasteiger partial charge in [0.2, 0.25) is 5.91 Å². The molecule has 5 rings (SSSR count). The zero-order valence-electron chi connectivity index (χ0n) is 15.3. The molecule has 0 saturated carbocycles. The fraction of sp³-hybridized carbons (Fsp3) is 0.526. The molecule has 0 spiro atoms. The smallest absolute Gasteiger partial charge is 0.231 e. The monoisotopic (exact) mass is 356 g/mol. The Morgan fingerprint density at radius 3 is 2.96 bits per heavy atom. The van der Waals surface area contributed by atoms with Crippen LogP contribution in [0.15, 0.2) is 30.5 Å². The summed E-state index contributed by atoms with van der Waals surface area (Å²) in [6.07, 6.45) is 4.16. The second kappa shape index (κ2) is 6.72. The fourth-order valence-electron chi connectivity index (χ4n) is 4.54. The van der Waals surface area contributed by atoms with Gasteiger partial charge in [-0.25, -0.2) is 4.68 Å². The number of aromatic hydroxyl groups is 1. The largest absolute Gasteiger partial charge is 0.508 e. The zero-order valence-corrected chi connectivity index (χ0v) is 15.3. The van der Waals surface area contributed by atoms with Crippen LogP contribution < -0.4 is 4.90 Å². The molecule has 1 aromatic heterocycles. The van der Waals surface area contributed by atoms with Crippen LogP contribution >= 0.6 is 0 Å². The molecule has 1 unspecified atom stereocenters. The number of carbonyl (C=O) groups excluding carboxylic acids is 1. The molecular formula is C19H26N5O2+. The molecule has 3 aliphatic heterocycles. The van der Waals surface area contributed by atoms with Crippen LogP contribution in [-0.4, -0.2) is 64.1 Å². The highest BCUT2D eigenvalue weighted by molar-refractivity contribution is 5.78. The summed E-state index contributed by atoms with van der Waals surface area (Å²) < 4.78 is 1.90. The second-order valence-electron chi connectivity index (χ2n) is 7.81. The van der Waals surface area contributed by atoms with E-state index in [4.69, 9.17) is 0 Å². The summed E-state index contributed by atoms with van der Waals surface area (Å²) in [6.45, 7) is 2.89. The van der Waals surface area contributed by atoms with Crippen molar-refractivity contribution in [1.82, 2.24) is 19.9 Å². The van der Waals surface area contributed by atoms with E-state index in [-0.39, 0.29) is 17.6 Å². The molecule has 3 saturated heterocycles. The molecule has 1 amide bonds. The molecule has 2 N–H and O–H groups in total. The SMILES string of the molecule is CN(C)C(=O)[C@H]1C[NH+]2CC[C@@H]1C[C@@H]2Cn1cc(-c2cccc(O)c2)nn1. The third kappa shape index (κ3) is 3.19. The molecule has 0 radical (unpaired) electrons. The Morgan fingerprint density at radius 1 is 1.42 bits per heavy atom. The van der Waals surface area contributed by atoms with E-state index < -0.39 is 0 Å². The van der Waals surface area contributed by atoms with Gasteiger partial charge in [0.15, 0.2) is 0 Å². The number of phenols is 1. The van der Waals surface area contributed by atoms with E-state index in [1.54, 1.807) is 17.0 Å². The first-order valence-electron chi connectivity index (χ1n) is 9.26. The lowest BCUT2D eigenvalue weighted by Crippen LogP contribution is -3.20. The van der Waals surface area contributed by atoms with Gasteiger partial charge in [0.25, 0.3) is 0 Å². The lowest BCUT2D eigenvalue weighted by molar-refractivity contribution is -0.945. The molecule has 2 aromatic rings. The summed E-state index contributed by atoms with van der Waals surface area (Å²) in [6, 6.07) is 7.56. The highest BCUT2D eigenvalue weighted by Gasteiger charge is 2.47. The van der Waals surface area contributed by atoms with Crippen molar-refractivity contribution in [3.05, 3.63) is 30.5 Å². The number of phenolic OH excluding ortho intramolecular Hbond substituents is 1. The van der Waals surface area contributed by atoms with Gasteiger partial charge in [-0.3, -0.25) is 4.79 Å². The van der Waals surface area contributed by atoms with Gasteiger partial charge in [0, 0.05) is 32.5 Å². The fourth-order valence-corrected chi connectivity index (χ4v) is 4.54. The Labute approximate surface area is 153 Å². The minimum absolute atomic E-state index is 0.170. The van der Waals surface area contributed by atoms with Crippen LogP contribution in [0.4, 0.5) is 0 Å². The van der Waals surface area contributed by atoms with Crippen LogP contribution in [0.3, 0.4) is 0 Å². The van der Waals surface area contributed by atoms with Gasteiger partial charge in [-0.05, 0) is 18.1 Å². The van der Waals surface area contributed by atoms with Crippen LogP contribution in [-0.2, 0) is 11.3 Å². The van der Waals surface area contributed by atoms with Gasteiger partial charge >= 0.3 is 0 Å². The van der Waals surface area contributed by atoms with Crippen molar-refractivity contribution < 1.29 is 14.8 Å². The highest BCUT2D eigenvalue weighted by Crippen LogP contribution is 2.29. The van der Waals surface area contributed by atoms with Crippen LogP contribution in [0.2, 0.25) is 0 Å². The number of hydrogen-bond donors (Lipinski definition) is 2. The Morgan fingerprint density at radius 2 is 2.27 bits per heavy atom. The molecule has 26 heavy (non-hydrogen) atoms. The average Bonchev–Trinajstić information content (AvgIpc) is 3.10. The van der Waals surface area contributed by atoms with E-state index in [1.165, 1.54) is 4.90 Å². The molecule has 2 bridgehead atoms. The Kier molecular flexibility index (Phi) is 4.40. The van der Waals surface area contributed by atoms with Crippen LogP contribution in [0.25, 0.3) is 11.3 Å². The van der Waals surface area contributed by atoms with Gasteiger partial charge in [-0.15, -0.1) is 5.10 Å². The van der Waals surface area contributed by atoms with Crippen molar-refractivity contribution in [1.29, 1.82) is 0 Å². The van der Waals surface area contributed by atoms with E-state index >= 15 is 0 Å². The maximum atomic E-state index is 12.4. The minimum Gasteiger partial charge on any atom is -0.508 e. The maximum Gasteiger partial charge on any atom is 0.231 e. The summed E-state index contributed by atoms with van der Waals surface area (Å²) in [5, 5.41) is 18.2. The van der Waals surface area contributed by atoms with Crippen molar-refractivity contribution in [3.63, 3.8) is 0 Å². The lowest BCUT2D eigenvalue weighted by Gasteiger charge is -2.46. The molecule has 0 aliphatic carbocycles. The number of rotatable bonds is 4. The quantitative estimate of drug-likeness (QED) is 0.811. The Bertz CT molecular complexity index is 803. The van der Waals surface area contributed by atoms with Gasteiger partial charge in [0.1, 0.15) is 17.5 Å². The van der Waals surface area contributed by atoms with Gasteiger partial charge in [0.05, 0.1) is 31.7 Å². The molecule has 4 heterocycles. The van der Waals surface area contributed by atoms with Crippen molar-refractivity contribution >= 4 is 5.91 Å². The van der Waals surface area contributed by atoms with Crippen molar-refractivity contribution in [2.45, 2.75) is 25.4 Å². The van der Waals surface area contributed by atoms with Gasteiger partial charge in [-0.2, -0.15) is 0 Å². The predicted molar refractivity (Wildman–Crippen MR) is 96.5 cm³/mol. The standard InChI is InChI=1S/C19H25N5O2/c1-22(2)19(26)17-11-23-7-6-13(17)8-15(23)10-24-12-18(20-21-24)14-4-3-5-16(25)9-14/h3-5,9,12-13,15,17,25H,6-8,10-11H2,1-2H3/p+1/t13-,15-,17+/m1/s1. The molecule has 3 fully saturated rings. The number of nitrogens with zero attached hydrogens (tertiary/aromatic N) is 4. The van der Waals surface area contributed by atoms with Crippen LogP contribution in [0.1, 0.15) is 12.8 Å². The zero-order chi connectivity index (χ0) is 18.3. The number of benzene rings is 1. The average molecular weight is 356 g/mol. The third-order valence-electron chi connectivity index (χ3n) is 5.90. The molecular weight excluding hydrogens is 330 g/mol. The molecule has 7 nitrogen and oxygen atoms in total. The summed E-state index contributed by atoms with van der Waals surface area (Å²) in [7, 11) is 3.70. The summed E-state index contributed by atoms with van der Waals surface area (Å²) >= 11 is 0. The van der Waals surface area contributed by atoms with E-state index in [0.29, 0.717) is 12.0 Å². The van der Waals surface area contributed by atoms with Crippen molar-refractivity contribution in [2.75, 3.05) is 27.2 Å². The molecule has 4 atom stereocenters. The molecule has 7 heteroatoms. The maximum absolute atomic E-state index is 12.4. The number of amides is 1. The van der Waals surface area contributed by atoms with E-state index in [9.17, 15) is 9.90 Å². The van der Waals surface area contributed by atoms with E-state index in [0.717, 1.165) is 43.7 Å². The number of quaternary nitrogens is 1. The number of fused-ring (bicyclic) bond motifs is 3. The van der Waals surface area contributed by atoms with Crippen molar-refractivity contribution in [2.24, 2.45) is 11.8 Å². The minimum atomic E-state index is 0.170. The molecule has 3 aliphatic rings.